The molecule has 1 aliphatic rings. The first kappa shape index (κ1) is 15.4. The van der Waals surface area contributed by atoms with E-state index in [-0.39, 0.29) is 5.91 Å². The van der Waals surface area contributed by atoms with Crippen LogP contribution in [-0.4, -0.2) is 55.5 Å². The van der Waals surface area contributed by atoms with Crippen molar-refractivity contribution in [2.24, 2.45) is 11.1 Å². The molecule has 0 bridgehead atoms. The molecular weight excluding hydrogens is 226 g/mol. The van der Waals surface area contributed by atoms with E-state index < -0.39 is 5.41 Å². The van der Waals surface area contributed by atoms with Gasteiger partial charge < -0.3 is 15.5 Å². The Morgan fingerprint density at radius 2 is 1.78 bits per heavy atom. The van der Waals surface area contributed by atoms with Gasteiger partial charge in [0.2, 0.25) is 5.91 Å². The number of carbonyl (C=O) groups excluding carboxylic acids is 1. The minimum absolute atomic E-state index is 0.221. The molecule has 0 heterocycles. The molecule has 1 rings (SSSR count). The second-order valence-electron chi connectivity index (χ2n) is 6.33. The second-order valence-corrected chi connectivity index (χ2v) is 6.33. The van der Waals surface area contributed by atoms with Crippen LogP contribution in [0.1, 0.15) is 39.5 Å². The Kier molecular flexibility index (Phi) is 5.60. The zero-order valence-corrected chi connectivity index (χ0v) is 12.4. The standard InChI is InChI=1S/C14H29N3O/c1-14(2,11-15)13(18)17(10-9-16(3)4)12-7-5-6-8-12/h12H,5-11,15H2,1-4H3. The highest BCUT2D eigenvalue weighted by molar-refractivity contribution is 5.82. The van der Waals surface area contributed by atoms with E-state index in [1.54, 1.807) is 0 Å². The summed E-state index contributed by atoms with van der Waals surface area (Å²) < 4.78 is 0. The zero-order valence-electron chi connectivity index (χ0n) is 12.4. The monoisotopic (exact) mass is 255 g/mol. The Hall–Kier alpha value is -0.610. The van der Waals surface area contributed by atoms with Gasteiger partial charge in [0.1, 0.15) is 0 Å². The lowest BCUT2D eigenvalue weighted by Gasteiger charge is -2.36. The SMILES string of the molecule is CN(C)CCN(C(=O)C(C)(C)CN)C1CCCC1. The highest BCUT2D eigenvalue weighted by atomic mass is 16.2. The number of hydrogen-bond donors (Lipinski definition) is 1. The van der Waals surface area contributed by atoms with E-state index in [0.717, 1.165) is 25.9 Å². The molecule has 0 aromatic carbocycles. The molecule has 0 aromatic heterocycles. The zero-order chi connectivity index (χ0) is 13.8. The summed E-state index contributed by atoms with van der Waals surface area (Å²) in [5.41, 5.74) is 5.31. The van der Waals surface area contributed by atoms with Crippen molar-refractivity contribution in [2.75, 3.05) is 33.7 Å². The summed E-state index contributed by atoms with van der Waals surface area (Å²) in [5, 5.41) is 0. The molecule has 0 radical (unpaired) electrons. The predicted octanol–water partition coefficient (Wildman–Crippen LogP) is 1.30. The average Bonchev–Trinajstić information content (AvgIpc) is 2.82. The van der Waals surface area contributed by atoms with Crippen LogP contribution in [-0.2, 0) is 4.79 Å². The quantitative estimate of drug-likeness (QED) is 0.778. The first-order valence-electron chi connectivity index (χ1n) is 7.04. The van der Waals surface area contributed by atoms with Gasteiger partial charge in [0, 0.05) is 25.7 Å². The summed E-state index contributed by atoms with van der Waals surface area (Å²) in [6, 6.07) is 0.434. The van der Waals surface area contributed by atoms with Crippen molar-refractivity contribution >= 4 is 5.91 Å². The van der Waals surface area contributed by atoms with Crippen LogP contribution in [0.15, 0.2) is 0 Å². The third kappa shape index (κ3) is 3.95. The molecular formula is C14H29N3O. The molecule has 1 amide bonds. The van der Waals surface area contributed by atoms with Crippen molar-refractivity contribution in [3.63, 3.8) is 0 Å². The van der Waals surface area contributed by atoms with Gasteiger partial charge in [-0.2, -0.15) is 0 Å². The fraction of sp³-hybridized carbons (Fsp3) is 0.929. The molecule has 18 heavy (non-hydrogen) atoms. The molecule has 2 N–H and O–H groups in total. The lowest BCUT2D eigenvalue weighted by molar-refractivity contribution is -0.142. The molecule has 4 heteroatoms. The number of hydrogen-bond acceptors (Lipinski definition) is 3. The van der Waals surface area contributed by atoms with E-state index >= 15 is 0 Å². The van der Waals surface area contributed by atoms with Gasteiger partial charge in [0.15, 0.2) is 0 Å². The minimum atomic E-state index is -0.436. The number of carbonyl (C=O) groups is 1. The van der Waals surface area contributed by atoms with E-state index in [4.69, 9.17) is 5.73 Å². The summed E-state index contributed by atoms with van der Waals surface area (Å²) in [5.74, 6) is 0.221. The van der Waals surface area contributed by atoms with Gasteiger partial charge >= 0.3 is 0 Å². The number of rotatable bonds is 6. The third-order valence-electron chi connectivity index (χ3n) is 3.90. The van der Waals surface area contributed by atoms with Crippen LogP contribution in [0.25, 0.3) is 0 Å². The molecule has 106 valence electrons. The van der Waals surface area contributed by atoms with Gasteiger partial charge in [-0.3, -0.25) is 4.79 Å². The Morgan fingerprint density at radius 1 is 1.22 bits per heavy atom. The average molecular weight is 255 g/mol. The van der Waals surface area contributed by atoms with Crippen molar-refractivity contribution in [2.45, 2.75) is 45.6 Å². The van der Waals surface area contributed by atoms with Gasteiger partial charge in [-0.05, 0) is 40.8 Å². The maximum absolute atomic E-state index is 12.6. The number of nitrogens with two attached hydrogens (primary N) is 1. The first-order valence-corrected chi connectivity index (χ1v) is 7.04. The Labute approximate surface area is 111 Å². The van der Waals surface area contributed by atoms with Gasteiger partial charge in [-0.15, -0.1) is 0 Å². The summed E-state index contributed by atoms with van der Waals surface area (Å²) in [7, 11) is 4.09. The van der Waals surface area contributed by atoms with Gasteiger partial charge in [-0.1, -0.05) is 12.8 Å². The fourth-order valence-electron chi connectivity index (χ4n) is 2.45. The molecule has 1 saturated carbocycles. The van der Waals surface area contributed by atoms with Crippen LogP contribution < -0.4 is 5.73 Å². The number of nitrogens with zero attached hydrogens (tertiary/aromatic N) is 2. The van der Waals surface area contributed by atoms with E-state index in [0.29, 0.717) is 12.6 Å². The first-order chi connectivity index (χ1) is 8.38. The van der Waals surface area contributed by atoms with Crippen molar-refractivity contribution in [3.8, 4) is 0 Å². The van der Waals surface area contributed by atoms with Crippen LogP contribution >= 0.6 is 0 Å². The van der Waals surface area contributed by atoms with Crippen molar-refractivity contribution in [1.82, 2.24) is 9.80 Å². The molecule has 1 aliphatic carbocycles. The third-order valence-corrected chi connectivity index (χ3v) is 3.90. The Bertz CT molecular complexity index is 270. The van der Waals surface area contributed by atoms with Gasteiger partial charge in [-0.25, -0.2) is 0 Å². The molecule has 4 nitrogen and oxygen atoms in total. The van der Waals surface area contributed by atoms with Crippen molar-refractivity contribution < 1.29 is 4.79 Å². The lowest BCUT2D eigenvalue weighted by atomic mass is 9.91. The van der Waals surface area contributed by atoms with Crippen molar-refractivity contribution in [1.29, 1.82) is 0 Å². The van der Waals surface area contributed by atoms with Crippen LogP contribution in [0.3, 0.4) is 0 Å². The predicted molar refractivity (Wildman–Crippen MR) is 75.4 cm³/mol. The summed E-state index contributed by atoms with van der Waals surface area (Å²) in [6.07, 6.45) is 4.80. The lowest BCUT2D eigenvalue weighted by Crippen LogP contribution is -2.50. The smallest absolute Gasteiger partial charge is 0.229 e. The fourth-order valence-corrected chi connectivity index (χ4v) is 2.45. The molecule has 0 unspecified atom stereocenters. The largest absolute Gasteiger partial charge is 0.338 e. The number of likely N-dealkylation sites (N-methyl/N-ethyl adjacent to an activating group) is 1. The highest BCUT2D eigenvalue weighted by Gasteiger charge is 2.35. The molecule has 0 atom stereocenters. The molecule has 0 saturated heterocycles. The van der Waals surface area contributed by atoms with E-state index in [2.05, 4.69) is 9.80 Å². The maximum Gasteiger partial charge on any atom is 0.229 e. The van der Waals surface area contributed by atoms with E-state index in [1.165, 1.54) is 12.8 Å². The van der Waals surface area contributed by atoms with Crippen LogP contribution in [0.4, 0.5) is 0 Å². The van der Waals surface area contributed by atoms with Gasteiger partial charge in [0.25, 0.3) is 0 Å². The normalized spacial score (nSPS) is 17.4. The van der Waals surface area contributed by atoms with E-state index in [9.17, 15) is 4.79 Å². The van der Waals surface area contributed by atoms with E-state index in [1.807, 2.05) is 27.9 Å². The number of amides is 1. The Balaban J connectivity index is 2.72. The topological polar surface area (TPSA) is 49.6 Å². The van der Waals surface area contributed by atoms with Crippen LogP contribution in [0.5, 0.6) is 0 Å². The molecule has 0 aromatic rings. The maximum atomic E-state index is 12.6. The molecule has 1 fully saturated rings. The summed E-state index contributed by atoms with van der Waals surface area (Å²) in [4.78, 5) is 16.8. The van der Waals surface area contributed by atoms with Gasteiger partial charge in [0.05, 0.1) is 5.41 Å². The van der Waals surface area contributed by atoms with Crippen molar-refractivity contribution in [3.05, 3.63) is 0 Å². The molecule has 0 aliphatic heterocycles. The molecule has 0 spiro atoms. The Morgan fingerprint density at radius 3 is 2.22 bits per heavy atom. The highest BCUT2D eigenvalue weighted by Crippen LogP contribution is 2.27. The second kappa shape index (κ2) is 6.53. The summed E-state index contributed by atoms with van der Waals surface area (Å²) in [6.45, 7) is 6.06. The van der Waals surface area contributed by atoms with Crippen LogP contribution in [0, 0.1) is 5.41 Å². The van der Waals surface area contributed by atoms with Crippen LogP contribution in [0.2, 0.25) is 0 Å². The summed E-state index contributed by atoms with van der Waals surface area (Å²) >= 11 is 0. The minimum Gasteiger partial charge on any atom is -0.338 e.